The summed E-state index contributed by atoms with van der Waals surface area (Å²) in [6.45, 7) is 1.65. The van der Waals surface area contributed by atoms with E-state index in [2.05, 4.69) is 0 Å². The molecule has 2 rings (SSSR count). The van der Waals surface area contributed by atoms with Gasteiger partial charge in [-0.25, -0.2) is 0 Å². The third-order valence-corrected chi connectivity index (χ3v) is 3.74. The molecule has 0 aromatic rings. The third kappa shape index (κ3) is 1.02. The van der Waals surface area contributed by atoms with Gasteiger partial charge in [-0.1, -0.05) is 0 Å². The van der Waals surface area contributed by atoms with E-state index in [-0.39, 0.29) is 12.0 Å². The van der Waals surface area contributed by atoms with E-state index >= 15 is 0 Å². The van der Waals surface area contributed by atoms with Crippen LogP contribution in [0.4, 0.5) is 0 Å². The standard InChI is InChI=1S/C9H15NO3/c10-6-9(7(11)12)5-8(9)1-3-13-4-2-8/h1-6,10H2,(H,11,12)/t9-/m0/s1. The molecule has 0 aromatic carbocycles. The Hall–Kier alpha value is -0.610. The Morgan fingerprint density at radius 3 is 2.46 bits per heavy atom. The van der Waals surface area contributed by atoms with Gasteiger partial charge in [0.2, 0.25) is 0 Å². The van der Waals surface area contributed by atoms with Crippen LogP contribution < -0.4 is 5.73 Å². The molecule has 2 aliphatic rings. The van der Waals surface area contributed by atoms with E-state index in [9.17, 15) is 4.79 Å². The van der Waals surface area contributed by atoms with Crippen molar-refractivity contribution < 1.29 is 14.6 Å². The van der Waals surface area contributed by atoms with Crippen LogP contribution in [0.25, 0.3) is 0 Å². The van der Waals surface area contributed by atoms with Crippen LogP contribution in [0.15, 0.2) is 0 Å². The lowest BCUT2D eigenvalue weighted by Gasteiger charge is -2.26. The molecule has 1 aliphatic carbocycles. The highest BCUT2D eigenvalue weighted by molar-refractivity contribution is 5.80. The fraction of sp³-hybridized carbons (Fsp3) is 0.889. The van der Waals surface area contributed by atoms with Crippen molar-refractivity contribution in [3.8, 4) is 0 Å². The van der Waals surface area contributed by atoms with Crippen LogP contribution in [0.3, 0.4) is 0 Å². The highest BCUT2D eigenvalue weighted by Gasteiger charge is 2.70. The zero-order valence-electron chi connectivity index (χ0n) is 7.58. The largest absolute Gasteiger partial charge is 0.481 e. The van der Waals surface area contributed by atoms with Gasteiger partial charge in [0, 0.05) is 19.8 Å². The zero-order valence-corrected chi connectivity index (χ0v) is 7.58. The van der Waals surface area contributed by atoms with Crippen LogP contribution in [0, 0.1) is 10.8 Å². The van der Waals surface area contributed by atoms with Gasteiger partial charge in [-0.05, 0) is 24.7 Å². The van der Waals surface area contributed by atoms with Gasteiger partial charge in [0.05, 0.1) is 5.41 Å². The first-order valence-corrected chi connectivity index (χ1v) is 4.68. The Labute approximate surface area is 77.1 Å². The van der Waals surface area contributed by atoms with Crippen LogP contribution in [0.1, 0.15) is 19.3 Å². The molecule has 3 N–H and O–H groups in total. The maximum atomic E-state index is 11.1. The lowest BCUT2D eigenvalue weighted by molar-refractivity contribution is -0.145. The Kier molecular flexibility index (Phi) is 1.85. The van der Waals surface area contributed by atoms with Gasteiger partial charge < -0.3 is 15.6 Å². The molecule has 1 atom stereocenters. The number of aliphatic carboxylic acids is 1. The lowest BCUT2D eigenvalue weighted by atomic mass is 9.86. The molecule has 0 radical (unpaired) electrons. The molecular formula is C9H15NO3. The Morgan fingerprint density at radius 2 is 2.08 bits per heavy atom. The first-order chi connectivity index (χ1) is 6.17. The molecule has 1 heterocycles. The second-order valence-electron chi connectivity index (χ2n) is 4.16. The fourth-order valence-corrected chi connectivity index (χ4v) is 2.63. The van der Waals surface area contributed by atoms with E-state index < -0.39 is 11.4 Å². The minimum Gasteiger partial charge on any atom is -0.481 e. The van der Waals surface area contributed by atoms with Crippen LogP contribution in [0.2, 0.25) is 0 Å². The van der Waals surface area contributed by atoms with E-state index in [1.165, 1.54) is 0 Å². The van der Waals surface area contributed by atoms with Crippen molar-refractivity contribution in [2.45, 2.75) is 19.3 Å². The summed E-state index contributed by atoms with van der Waals surface area (Å²) in [5.41, 5.74) is 4.89. The van der Waals surface area contributed by atoms with Crippen LogP contribution in [-0.2, 0) is 9.53 Å². The summed E-state index contributed by atoms with van der Waals surface area (Å²) in [5, 5.41) is 9.10. The third-order valence-electron chi connectivity index (χ3n) is 3.74. The molecule has 1 saturated carbocycles. The van der Waals surface area contributed by atoms with Gasteiger partial charge in [0.25, 0.3) is 0 Å². The van der Waals surface area contributed by atoms with Crippen molar-refractivity contribution in [2.24, 2.45) is 16.6 Å². The number of carboxylic acids is 1. The number of carboxylic acid groups (broad SMARTS) is 1. The number of nitrogens with two attached hydrogens (primary N) is 1. The highest BCUT2D eigenvalue weighted by atomic mass is 16.5. The van der Waals surface area contributed by atoms with E-state index in [1.807, 2.05) is 0 Å². The maximum absolute atomic E-state index is 11.1. The molecule has 0 unspecified atom stereocenters. The van der Waals surface area contributed by atoms with E-state index in [4.69, 9.17) is 15.6 Å². The van der Waals surface area contributed by atoms with E-state index in [0.29, 0.717) is 13.2 Å². The average molecular weight is 185 g/mol. The summed E-state index contributed by atoms with van der Waals surface area (Å²) in [7, 11) is 0. The molecule has 4 heteroatoms. The number of carbonyl (C=O) groups is 1. The van der Waals surface area contributed by atoms with Crippen molar-refractivity contribution in [3.05, 3.63) is 0 Å². The first kappa shape index (κ1) is 8.97. The lowest BCUT2D eigenvalue weighted by Crippen LogP contribution is -2.34. The summed E-state index contributed by atoms with van der Waals surface area (Å²) in [6.07, 6.45) is 2.46. The normalized spacial score (nSPS) is 36.1. The van der Waals surface area contributed by atoms with Crippen molar-refractivity contribution >= 4 is 5.97 Å². The van der Waals surface area contributed by atoms with Gasteiger partial charge in [-0.3, -0.25) is 4.79 Å². The van der Waals surface area contributed by atoms with Gasteiger partial charge >= 0.3 is 5.97 Å². The van der Waals surface area contributed by atoms with Gasteiger partial charge in [0.1, 0.15) is 0 Å². The molecule has 0 bridgehead atoms. The van der Waals surface area contributed by atoms with Crippen LogP contribution in [0.5, 0.6) is 0 Å². The molecular weight excluding hydrogens is 170 g/mol. The SMILES string of the molecule is NC[C@]1(C(=O)O)CC12CCOCC2. The quantitative estimate of drug-likeness (QED) is 0.645. The van der Waals surface area contributed by atoms with E-state index in [1.54, 1.807) is 0 Å². The van der Waals surface area contributed by atoms with Crippen molar-refractivity contribution in [2.75, 3.05) is 19.8 Å². The van der Waals surface area contributed by atoms with Gasteiger partial charge in [0.15, 0.2) is 0 Å². The summed E-state index contributed by atoms with van der Waals surface area (Å²) >= 11 is 0. The molecule has 1 saturated heterocycles. The summed E-state index contributed by atoms with van der Waals surface area (Å²) in [5.74, 6) is -0.725. The number of hydrogen-bond donors (Lipinski definition) is 2. The number of ether oxygens (including phenoxy) is 1. The predicted octanol–water partition coefficient (Wildman–Crippen LogP) is 0.217. The molecule has 13 heavy (non-hydrogen) atoms. The molecule has 1 aliphatic heterocycles. The van der Waals surface area contributed by atoms with Crippen molar-refractivity contribution in [1.82, 2.24) is 0 Å². The predicted molar refractivity (Wildman–Crippen MR) is 46.2 cm³/mol. The minimum atomic E-state index is -0.725. The zero-order chi connectivity index (χ0) is 9.53. The molecule has 1 spiro atoms. The second kappa shape index (κ2) is 2.69. The summed E-state index contributed by atoms with van der Waals surface area (Å²) in [6, 6.07) is 0. The van der Waals surface area contributed by atoms with E-state index in [0.717, 1.165) is 19.3 Å². The maximum Gasteiger partial charge on any atom is 0.311 e. The summed E-state index contributed by atoms with van der Waals surface area (Å²) < 4.78 is 5.23. The van der Waals surface area contributed by atoms with Crippen molar-refractivity contribution in [1.29, 1.82) is 0 Å². The fourth-order valence-electron chi connectivity index (χ4n) is 2.63. The molecule has 74 valence electrons. The Morgan fingerprint density at radius 1 is 1.46 bits per heavy atom. The van der Waals surface area contributed by atoms with Gasteiger partial charge in [-0.2, -0.15) is 0 Å². The minimum absolute atomic E-state index is 0.0359. The molecule has 2 fully saturated rings. The number of rotatable bonds is 2. The Balaban J connectivity index is 2.15. The smallest absolute Gasteiger partial charge is 0.311 e. The average Bonchev–Trinajstić information content (AvgIpc) is 2.76. The molecule has 4 nitrogen and oxygen atoms in total. The van der Waals surface area contributed by atoms with Crippen LogP contribution >= 0.6 is 0 Å². The Bertz CT molecular complexity index is 235. The number of hydrogen-bond acceptors (Lipinski definition) is 3. The highest BCUT2D eigenvalue weighted by Crippen LogP contribution is 2.68. The molecule has 0 amide bonds. The first-order valence-electron chi connectivity index (χ1n) is 4.68. The van der Waals surface area contributed by atoms with Gasteiger partial charge in [-0.15, -0.1) is 0 Å². The topological polar surface area (TPSA) is 72.6 Å². The van der Waals surface area contributed by atoms with Crippen molar-refractivity contribution in [3.63, 3.8) is 0 Å². The second-order valence-corrected chi connectivity index (χ2v) is 4.16. The summed E-state index contributed by atoms with van der Waals surface area (Å²) in [4.78, 5) is 11.1. The van der Waals surface area contributed by atoms with Crippen LogP contribution in [-0.4, -0.2) is 30.8 Å². The molecule has 0 aromatic heterocycles. The monoisotopic (exact) mass is 185 g/mol.